The van der Waals surface area contributed by atoms with E-state index in [4.69, 9.17) is 4.52 Å². The van der Waals surface area contributed by atoms with Crippen LogP contribution in [0, 0.1) is 18.6 Å². The molecule has 0 spiro atoms. The monoisotopic (exact) mass is 335 g/mol. The van der Waals surface area contributed by atoms with Gasteiger partial charge in [-0.2, -0.15) is 4.98 Å². The number of thiophene rings is 1. The van der Waals surface area contributed by atoms with Crippen LogP contribution >= 0.6 is 11.3 Å². The maximum Gasteiger partial charge on any atom is 0.260 e. The number of nitrogens with zero attached hydrogens (tertiary/aromatic N) is 2. The summed E-state index contributed by atoms with van der Waals surface area (Å²) < 4.78 is 31.5. The van der Waals surface area contributed by atoms with Gasteiger partial charge in [0.05, 0.1) is 12.0 Å². The lowest BCUT2D eigenvalue weighted by Crippen LogP contribution is -2.15. The smallest absolute Gasteiger partial charge is 0.260 e. The summed E-state index contributed by atoms with van der Waals surface area (Å²) in [5, 5.41) is 8.68. The van der Waals surface area contributed by atoms with E-state index >= 15 is 0 Å². The Morgan fingerprint density at radius 1 is 1.35 bits per heavy atom. The Labute approximate surface area is 134 Å². The van der Waals surface area contributed by atoms with Gasteiger partial charge in [-0.25, -0.2) is 8.78 Å². The maximum absolute atomic E-state index is 13.6. The van der Waals surface area contributed by atoms with E-state index in [1.54, 1.807) is 18.4 Å². The number of benzene rings is 1. The molecule has 1 amide bonds. The zero-order valence-electron chi connectivity index (χ0n) is 12.0. The molecule has 5 nitrogen and oxygen atoms in total. The number of rotatable bonds is 4. The molecule has 1 aromatic carbocycles. The highest BCUT2D eigenvalue weighted by atomic mass is 32.1. The molecule has 8 heteroatoms. The second-order valence-corrected chi connectivity index (χ2v) is 5.69. The van der Waals surface area contributed by atoms with E-state index in [9.17, 15) is 13.6 Å². The number of carbonyl (C=O) groups is 1. The van der Waals surface area contributed by atoms with E-state index in [0.717, 1.165) is 12.1 Å². The fourth-order valence-electron chi connectivity index (χ4n) is 1.99. The summed E-state index contributed by atoms with van der Waals surface area (Å²) in [6, 6.07) is 4.86. The Hall–Kier alpha value is -2.61. The number of hydrogen-bond acceptors (Lipinski definition) is 5. The third kappa shape index (κ3) is 3.42. The summed E-state index contributed by atoms with van der Waals surface area (Å²) in [5.74, 6) is -1.07. The molecule has 0 saturated carbocycles. The van der Waals surface area contributed by atoms with Crippen molar-refractivity contribution in [3.05, 3.63) is 52.7 Å². The average molecular weight is 335 g/mol. The number of aromatic nitrogens is 2. The number of aryl methyl sites for hydroxylation is 1. The number of nitrogens with one attached hydrogen (secondary N) is 1. The van der Waals surface area contributed by atoms with Crippen molar-refractivity contribution in [3.63, 3.8) is 0 Å². The summed E-state index contributed by atoms with van der Waals surface area (Å²) in [6.45, 7) is 1.69. The molecule has 0 bridgehead atoms. The lowest BCUT2D eigenvalue weighted by molar-refractivity contribution is -0.115. The van der Waals surface area contributed by atoms with E-state index < -0.39 is 17.5 Å². The van der Waals surface area contributed by atoms with Crippen LogP contribution in [-0.2, 0) is 11.2 Å². The Morgan fingerprint density at radius 2 is 2.17 bits per heavy atom. The first-order chi connectivity index (χ1) is 11.0. The minimum atomic E-state index is -0.751. The van der Waals surface area contributed by atoms with E-state index in [-0.39, 0.29) is 12.0 Å². The van der Waals surface area contributed by atoms with Crippen molar-refractivity contribution in [1.29, 1.82) is 0 Å². The number of amides is 1. The number of anilines is 1. The van der Waals surface area contributed by atoms with E-state index in [0.29, 0.717) is 22.3 Å². The van der Waals surface area contributed by atoms with E-state index in [1.807, 2.05) is 0 Å². The van der Waals surface area contributed by atoms with Crippen LogP contribution in [0.2, 0.25) is 0 Å². The quantitative estimate of drug-likeness (QED) is 0.791. The van der Waals surface area contributed by atoms with Crippen molar-refractivity contribution in [2.75, 3.05) is 5.32 Å². The molecule has 0 unspecified atom stereocenters. The van der Waals surface area contributed by atoms with Crippen molar-refractivity contribution < 1.29 is 18.1 Å². The van der Waals surface area contributed by atoms with Gasteiger partial charge in [0.25, 0.3) is 5.89 Å². The van der Waals surface area contributed by atoms with Gasteiger partial charge in [0.1, 0.15) is 16.6 Å². The molecular weight excluding hydrogens is 324 g/mol. The molecule has 0 aliphatic heterocycles. The molecule has 23 heavy (non-hydrogen) atoms. The summed E-state index contributed by atoms with van der Waals surface area (Å²) in [4.78, 5) is 16.2. The average Bonchev–Trinajstić information content (AvgIpc) is 3.10. The second kappa shape index (κ2) is 6.25. The molecule has 0 fully saturated rings. The minimum absolute atomic E-state index is 0.121. The van der Waals surface area contributed by atoms with Crippen LogP contribution in [0.25, 0.3) is 11.5 Å². The van der Waals surface area contributed by atoms with Crippen LogP contribution in [0.1, 0.15) is 11.4 Å². The van der Waals surface area contributed by atoms with Gasteiger partial charge >= 0.3 is 0 Å². The molecule has 0 radical (unpaired) electrons. The van der Waals surface area contributed by atoms with Crippen molar-refractivity contribution in [2.45, 2.75) is 13.3 Å². The molecule has 0 aliphatic rings. The van der Waals surface area contributed by atoms with Crippen LogP contribution in [0.4, 0.5) is 13.8 Å². The van der Waals surface area contributed by atoms with Crippen LogP contribution < -0.4 is 5.32 Å². The fraction of sp³-hybridized carbons (Fsp3) is 0.133. The SMILES string of the molecule is Cc1noc(-c2ccsc2NC(=O)Cc2ccc(F)cc2F)n1. The lowest BCUT2D eigenvalue weighted by Gasteiger charge is -2.05. The standard InChI is InChI=1S/C15H11F2N3O2S/c1-8-18-14(22-20-8)11-4-5-23-15(11)19-13(21)6-9-2-3-10(16)7-12(9)17/h2-5,7H,6H2,1H3,(H,19,21). The van der Waals surface area contributed by atoms with Crippen molar-refractivity contribution in [3.8, 4) is 11.5 Å². The van der Waals surface area contributed by atoms with E-state index in [1.165, 1.54) is 17.4 Å². The Morgan fingerprint density at radius 3 is 2.87 bits per heavy atom. The zero-order valence-corrected chi connectivity index (χ0v) is 12.8. The van der Waals surface area contributed by atoms with Gasteiger partial charge in [0.15, 0.2) is 5.82 Å². The first-order valence-electron chi connectivity index (χ1n) is 6.65. The van der Waals surface area contributed by atoms with Crippen LogP contribution in [-0.4, -0.2) is 16.0 Å². The van der Waals surface area contributed by atoms with Crippen LogP contribution in [0.15, 0.2) is 34.2 Å². The number of halogens is 2. The van der Waals surface area contributed by atoms with E-state index in [2.05, 4.69) is 15.5 Å². The molecule has 2 heterocycles. The van der Waals surface area contributed by atoms with Gasteiger partial charge in [-0.15, -0.1) is 11.3 Å². The first kappa shape index (κ1) is 15.3. The molecule has 118 valence electrons. The van der Waals surface area contributed by atoms with Crippen LogP contribution in [0.3, 0.4) is 0 Å². The highest BCUT2D eigenvalue weighted by Crippen LogP contribution is 2.32. The van der Waals surface area contributed by atoms with Crippen molar-refractivity contribution in [2.24, 2.45) is 0 Å². The van der Waals surface area contributed by atoms with Gasteiger partial charge in [-0.1, -0.05) is 11.2 Å². The third-order valence-electron chi connectivity index (χ3n) is 3.04. The zero-order chi connectivity index (χ0) is 16.4. The topological polar surface area (TPSA) is 68.0 Å². The molecule has 0 aliphatic carbocycles. The predicted octanol–water partition coefficient (Wildman–Crippen LogP) is 3.57. The summed E-state index contributed by atoms with van der Waals surface area (Å²) >= 11 is 1.29. The Kier molecular flexibility index (Phi) is 4.16. The number of carbonyl (C=O) groups excluding carboxylic acids is 1. The van der Waals surface area contributed by atoms with Crippen molar-refractivity contribution >= 4 is 22.2 Å². The first-order valence-corrected chi connectivity index (χ1v) is 7.53. The summed E-state index contributed by atoms with van der Waals surface area (Å²) in [7, 11) is 0. The normalized spacial score (nSPS) is 10.7. The van der Waals surface area contributed by atoms with Gasteiger partial charge < -0.3 is 9.84 Å². The van der Waals surface area contributed by atoms with Crippen LogP contribution in [0.5, 0.6) is 0 Å². The Bertz CT molecular complexity index is 860. The predicted molar refractivity (Wildman–Crippen MR) is 81.0 cm³/mol. The maximum atomic E-state index is 13.6. The molecule has 2 aromatic heterocycles. The fourth-order valence-corrected chi connectivity index (χ4v) is 2.79. The second-order valence-electron chi connectivity index (χ2n) is 4.77. The largest absolute Gasteiger partial charge is 0.334 e. The van der Waals surface area contributed by atoms with Gasteiger partial charge in [0.2, 0.25) is 5.91 Å². The molecular formula is C15H11F2N3O2S. The molecule has 3 aromatic rings. The highest BCUT2D eigenvalue weighted by molar-refractivity contribution is 7.15. The molecule has 1 N–H and O–H groups in total. The highest BCUT2D eigenvalue weighted by Gasteiger charge is 2.16. The van der Waals surface area contributed by atoms with Gasteiger partial charge in [-0.3, -0.25) is 4.79 Å². The lowest BCUT2D eigenvalue weighted by atomic mass is 10.1. The number of hydrogen-bond donors (Lipinski definition) is 1. The van der Waals surface area contributed by atoms with Gasteiger partial charge in [-0.05, 0) is 30.0 Å². The Balaban J connectivity index is 1.75. The minimum Gasteiger partial charge on any atom is -0.334 e. The summed E-state index contributed by atoms with van der Waals surface area (Å²) in [6.07, 6.45) is -0.202. The van der Waals surface area contributed by atoms with Gasteiger partial charge in [0, 0.05) is 6.07 Å². The molecule has 0 saturated heterocycles. The third-order valence-corrected chi connectivity index (χ3v) is 3.87. The van der Waals surface area contributed by atoms with Crippen molar-refractivity contribution in [1.82, 2.24) is 10.1 Å². The molecule has 0 atom stereocenters. The molecule has 3 rings (SSSR count). The summed E-state index contributed by atoms with van der Waals surface area (Å²) in [5.41, 5.74) is 0.721.